The van der Waals surface area contributed by atoms with Gasteiger partial charge in [0.25, 0.3) is 0 Å². The Morgan fingerprint density at radius 3 is 2.41 bits per heavy atom. The molecule has 2 aromatic carbocycles. The van der Waals surface area contributed by atoms with Gasteiger partial charge in [-0.05, 0) is 41.3 Å². The van der Waals surface area contributed by atoms with Crippen LogP contribution in [0, 0.1) is 0 Å². The Balaban J connectivity index is 0.00000261. The fourth-order valence-electron chi connectivity index (χ4n) is 3.50. The molecule has 1 aliphatic rings. The van der Waals surface area contributed by atoms with E-state index in [4.69, 9.17) is 9.47 Å². The Bertz CT molecular complexity index is 760. The molecular formula is C21H29ClN2O3. The van der Waals surface area contributed by atoms with Gasteiger partial charge in [-0.25, -0.2) is 4.79 Å². The van der Waals surface area contributed by atoms with Crippen molar-refractivity contribution in [2.75, 3.05) is 46.4 Å². The van der Waals surface area contributed by atoms with E-state index in [1.165, 1.54) is 16.3 Å². The van der Waals surface area contributed by atoms with E-state index in [1.54, 1.807) is 12.0 Å². The second-order valence-electron chi connectivity index (χ2n) is 6.86. The van der Waals surface area contributed by atoms with Crippen molar-refractivity contribution >= 4 is 29.3 Å². The SMILES string of the molecule is CCOC(=O)N1CCN(CC(C)c2ccc3cc(OC)ccc3c2)CC1.Cl. The molecule has 5 nitrogen and oxygen atoms in total. The number of carbonyl (C=O) groups is 1. The Morgan fingerprint density at radius 2 is 1.74 bits per heavy atom. The van der Waals surface area contributed by atoms with Crippen LogP contribution < -0.4 is 4.74 Å². The third-order valence-corrected chi connectivity index (χ3v) is 5.07. The lowest BCUT2D eigenvalue weighted by atomic mass is 9.97. The monoisotopic (exact) mass is 392 g/mol. The molecule has 1 heterocycles. The van der Waals surface area contributed by atoms with E-state index in [9.17, 15) is 4.79 Å². The summed E-state index contributed by atoms with van der Waals surface area (Å²) in [5.74, 6) is 1.33. The Hall–Kier alpha value is -1.98. The molecule has 3 rings (SSSR count). The number of fused-ring (bicyclic) bond motifs is 1. The van der Waals surface area contributed by atoms with Gasteiger partial charge in [0.1, 0.15) is 5.75 Å². The number of nitrogens with zero attached hydrogens (tertiary/aromatic N) is 2. The van der Waals surface area contributed by atoms with Crippen LogP contribution in [0.25, 0.3) is 10.8 Å². The zero-order chi connectivity index (χ0) is 18.5. The first-order chi connectivity index (χ1) is 12.6. The Kier molecular flexibility index (Phi) is 7.75. The largest absolute Gasteiger partial charge is 0.497 e. The average molecular weight is 393 g/mol. The van der Waals surface area contributed by atoms with Crippen molar-refractivity contribution in [1.82, 2.24) is 9.80 Å². The van der Waals surface area contributed by atoms with Crippen molar-refractivity contribution in [2.24, 2.45) is 0 Å². The van der Waals surface area contributed by atoms with E-state index in [0.29, 0.717) is 12.5 Å². The van der Waals surface area contributed by atoms with Crippen molar-refractivity contribution < 1.29 is 14.3 Å². The van der Waals surface area contributed by atoms with Crippen molar-refractivity contribution in [3.8, 4) is 5.75 Å². The van der Waals surface area contributed by atoms with Crippen molar-refractivity contribution in [3.63, 3.8) is 0 Å². The zero-order valence-electron chi connectivity index (χ0n) is 16.3. The van der Waals surface area contributed by atoms with Crippen molar-refractivity contribution in [3.05, 3.63) is 42.0 Å². The maximum atomic E-state index is 11.8. The topological polar surface area (TPSA) is 42.0 Å². The van der Waals surface area contributed by atoms with E-state index < -0.39 is 0 Å². The van der Waals surface area contributed by atoms with E-state index in [-0.39, 0.29) is 18.5 Å². The summed E-state index contributed by atoms with van der Waals surface area (Å²) in [7, 11) is 1.69. The van der Waals surface area contributed by atoms with Gasteiger partial charge in [0.15, 0.2) is 0 Å². The molecule has 0 aliphatic carbocycles. The minimum atomic E-state index is -0.190. The van der Waals surface area contributed by atoms with Crippen LogP contribution in [-0.2, 0) is 4.74 Å². The highest BCUT2D eigenvalue weighted by Crippen LogP contribution is 2.25. The van der Waals surface area contributed by atoms with Crippen LogP contribution in [-0.4, -0.2) is 62.3 Å². The number of amides is 1. The summed E-state index contributed by atoms with van der Waals surface area (Å²) >= 11 is 0. The molecule has 1 fully saturated rings. The summed E-state index contributed by atoms with van der Waals surface area (Å²) in [6.07, 6.45) is -0.190. The number of piperazine rings is 1. The smallest absolute Gasteiger partial charge is 0.409 e. The summed E-state index contributed by atoms with van der Waals surface area (Å²) in [5, 5.41) is 2.44. The number of ether oxygens (including phenoxy) is 2. The highest BCUT2D eigenvalue weighted by molar-refractivity contribution is 5.85. The van der Waals surface area contributed by atoms with Crippen LogP contribution >= 0.6 is 12.4 Å². The number of rotatable bonds is 5. The van der Waals surface area contributed by atoms with Crippen LogP contribution in [0.1, 0.15) is 25.3 Å². The molecule has 0 spiro atoms. The van der Waals surface area contributed by atoms with Crippen molar-refractivity contribution in [1.29, 1.82) is 0 Å². The first kappa shape index (κ1) is 21.3. The zero-order valence-corrected chi connectivity index (χ0v) is 17.1. The fraction of sp³-hybridized carbons (Fsp3) is 0.476. The van der Waals surface area contributed by atoms with Gasteiger partial charge in [-0.15, -0.1) is 12.4 Å². The molecule has 1 aliphatic heterocycles. The first-order valence-corrected chi connectivity index (χ1v) is 9.32. The molecular weight excluding hydrogens is 364 g/mol. The lowest BCUT2D eigenvalue weighted by Crippen LogP contribution is -2.49. The average Bonchev–Trinajstić information content (AvgIpc) is 2.67. The molecule has 0 aromatic heterocycles. The summed E-state index contributed by atoms with van der Waals surface area (Å²) < 4.78 is 10.4. The second-order valence-corrected chi connectivity index (χ2v) is 6.86. The highest BCUT2D eigenvalue weighted by atomic mass is 35.5. The number of hydrogen-bond acceptors (Lipinski definition) is 4. The lowest BCUT2D eigenvalue weighted by Gasteiger charge is -2.35. The molecule has 0 bridgehead atoms. The Labute approximate surface area is 167 Å². The minimum Gasteiger partial charge on any atom is -0.497 e. The number of hydrogen-bond donors (Lipinski definition) is 0. The number of methoxy groups -OCH3 is 1. The maximum Gasteiger partial charge on any atom is 0.409 e. The standard InChI is InChI=1S/C21H28N2O3.ClH/c1-4-26-21(24)23-11-9-22(10-12-23)15-16(2)17-5-6-19-14-20(25-3)8-7-18(19)13-17;/h5-8,13-14,16H,4,9-12,15H2,1-3H3;1H. The van der Waals surface area contributed by atoms with Crippen LogP contribution in [0.5, 0.6) is 5.75 Å². The quantitative estimate of drug-likeness (QED) is 0.766. The molecule has 1 amide bonds. The molecule has 0 saturated carbocycles. The molecule has 148 valence electrons. The predicted octanol–water partition coefficient (Wildman–Crippen LogP) is 4.15. The van der Waals surface area contributed by atoms with E-state index in [1.807, 2.05) is 13.0 Å². The van der Waals surface area contributed by atoms with Gasteiger partial charge in [0, 0.05) is 32.7 Å². The molecule has 2 aromatic rings. The normalized spacial score (nSPS) is 15.9. The fourth-order valence-corrected chi connectivity index (χ4v) is 3.50. The predicted molar refractivity (Wildman–Crippen MR) is 111 cm³/mol. The van der Waals surface area contributed by atoms with Crippen LogP contribution in [0.4, 0.5) is 4.79 Å². The summed E-state index contributed by atoms with van der Waals surface area (Å²) in [6.45, 7) is 8.81. The van der Waals surface area contributed by atoms with Crippen LogP contribution in [0.3, 0.4) is 0 Å². The van der Waals surface area contributed by atoms with Gasteiger partial charge in [0.2, 0.25) is 0 Å². The van der Waals surface area contributed by atoms with E-state index in [2.05, 4.69) is 42.2 Å². The van der Waals surface area contributed by atoms with E-state index >= 15 is 0 Å². The first-order valence-electron chi connectivity index (χ1n) is 9.32. The third-order valence-electron chi connectivity index (χ3n) is 5.07. The van der Waals surface area contributed by atoms with Gasteiger partial charge < -0.3 is 14.4 Å². The second kappa shape index (κ2) is 9.81. The number of halogens is 1. The Morgan fingerprint density at radius 1 is 1.07 bits per heavy atom. The molecule has 1 saturated heterocycles. The molecule has 1 unspecified atom stereocenters. The minimum absolute atomic E-state index is 0. The van der Waals surface area contributed by atoms with Gasteiger partial charge in [0.05, 0.1) is 13.7 Å². The highest BCUT2D eigenvalue weighted by Gasteiger charge is 2.23. The van der Waals surface area contributed by atoms with E-state index in [0.717, 1.165) is 38.5 Å². The van der Waals surface area contributed by atoms with Crippen LogP contribution in [0.2, 0.25) is 0 Å². The van der Waals surface area contributed by atoms with Gasteiger partial charge in [-0.2, -0.15) is 0 Å². The lowest BCUT2D eigenvalue weighted by molar-refractivity contribution is 0.0784. The molecule has 0 radical (unpaired) electrons. The summed E-state index contributed by atoms with van der Waals surface area (Å²) in [6, 6.07) is 12.8. The van der Waals surface area contributed by atoms with Gasteiger partial charge in [-0.1, -0.05) is 31.2 Å². The molecule has 0 N–H and O–H groups in total. The number of carbonyl (C=O) groups excluding carboxylic acids is 1. The van der Waals surface area contributed by atoms with Crippen molar-refractivity contribution in [2.45, 2.75) is 19.8 Å². The van der Waals surface area contributed by atoms with Gasteiger partial charge in [-0.3, -0.25) is 4.90 Å². The third kappa shape index (κ3) is 5.27. The molecule has 6 heteroatoms. The van der Waals surface area contributed by atoms with Crippen LogP contribution in [0.15, 0.2) is 36.4 Å². The summed E-state index contributed by atoms with van der Waals surface area (Å²) in [4.78, 5) is 16.0. The molecule has 27 heavy (non-hydrogen) atoms. The maximum absolute atomic E-state index is 11.8. The summed E-state index contributed by atoms with van der Waals surface area (Å²) in [5.41, 5.74) is 1.34. The molecule has 1 atom stereocenters. The number of benzene rings is 2. The van der Waals surface area contributed by atoms with Gasteiger partial charge >= 0.3 is 6.09 Å².